The van der Waals surface area contributed by atoms with Crippen LogP contribution in [0.25, 0.3) is 11.7 Å². The maximum absolute atomic E-state index is 14.1. The van der Waals surface area contributed by atoms with Crippen LogP contribution in [0.5, 0.6) is 0 Å². The number of anilines is 1. The smallest absolute Gasteiger partial charge is 0.283 e. The molecule has 0 N–H and O–H groups in total. The van der Waals surface area contributed by atoms with Crippen molar-refractivity contribution in [2.75, 3.05) is 18.0 Å². The molecule has 8 nitrogen and oxygen atoms in total. The number of nitrogens with zero attached hydrogens (tertiary/aromatic N) is 4. The Balaban J connectivity index is 1.47. The van der Waals surface area contributed by atoms with Crippen LogP contribution >= 0.6 is 0 Å². The highest BCUT2D eigenvalue weighted by molar-refractivity contribution is 6.00. The normalized spacial score (nSPS) is 16.3. The van der Waals surface area contributed by atoms with Crippen LogP contribution in [-0.2, 0) is 16.1 Å². The van der Waals surface area contributed by atoms with Crippen LogP contribution in [0.3, 0.4) is 0 Å². The van der Waals surface area contributed by atoms with E-state index in [1.54, 1.807) is 35.2 Å². The highest BCUT2D eigenvalue weighted by Gasteiger charge is 2.38. The van der Waals surface area contributed by atoms with Gasteiger partial charge in [-0.05, 0) is 30.7 Å². The molecule has 0 bridgehead atoms. The highest BCUT2D eigenvalue weighted by atomic mass is 19.1. The molecule has 9 heteroatoms. The lowest BCUT2D eigenvalue weighted by molar-refractivity contribution is -0.136. The lowest BCUT2D eigenvalue weighted by atomic mass is 10.1. The molecule has 0 spiro atoms. The van der Waals surface area contributed by atoms with E-state index >= 15 is 0 Å². The molecule has 30 heavy (non-hydrogen) atoms. The first-order valence-electron chi connectivity index (χ1n) is 9.76. The zero-order valence-corrected chi connectivity index (χ0v) is 16.5. The number of amides is 2. The summed E-state index contributed by atoms with van der Waals surface area (Å²) in [7, 11) is 0. The summed E-state index contributed by atoms with van der Waals surface area (Å²) >= 11 is 0. The van der Waals surface area contributed by atoms with Gasteiger partial charge in [-0.25, -0.2) is 4.39 Å². The van der Waals surface area contributed by atoms with E-state index in [9.17, 15) is 14.0 Å². The van der Waals surface area contributed by atoms with Crippen LogP contribution in [0.4, 0.5) is 10.1 Å². The van der Waals surface area contributed by atoms with E-state index in [2.05, 4.69) is 10.2 Å². The van der Waals surface area contributed by atoms with Crippen molar-refractivity contribution >= 4 is 17.5 Å². The minimum atomic E-state index is -0.559. The largest absolute Gasteiger partial charge is 0.459 e. The van der Waals surface area contributed by atoms with Gasteiger partial charge >= 0.3 is 0 Å². The molecule has 3 aromatic rings. The van der Waals surface area contributed by atoms with Crippen LogP contribution < -0.4 is 4.90 Å². The molecule has 1 unspecified atom stereocenters. The van der Waals surface area contributed by atoms with Crippen molar-refractivity contribution in [2.24, 2.45) is 5.92 Å². The third kappa shape index (κ3) is 3.96. The van der Waals surface area contributed by atoms with Gasteiger partial charge in [0.2, 0.25) is 17.7 Å². The Morgan fingerprint density at radius 1 is 1.27 bits per heavy atom. The fraction of sp³-hybridized carbons (Fsp3) is 0.333. The number of carbonyl (C=O) groups excluding carboxylic acids is 2. The van der Waals surface area contributed by atoms with Gasteiger partial charge in [0, 0.05) is 19.5 Å². The van der Waals surface area contributed by atoms with Gasteiger partial charge in [-0.3, -0.25) is 9.59 Å². The highest BCUT2D eigenvalue weighted by Crippen LogP contribution is 2.29. The van der Waals surface area contributed by atoms with Gasteiger partial charge in [0.15, 0.2) is 5.76 Å². The number of halogens is 1. The zero-order chi connectivity index (χ0) is 21.1. The van der Waals surface area contributed by atoms with Crippen molar-refractivity contribution in [3.05, 3.63) is 54.4 Å². The second-order valence-corrected chi connectivity index (χ2v) is 7.09. The Morgan fingerprint density at radius 2 is 2.10 bits per heavy atom. The number of benzene rings is 1. The van der Waals surface area contributed by atoms with Crippen molar-refractivity contribution in [1.29, 1.82) is 0 Å². The van der Waals surface area contributed by atoms with Crippen LogP contribution in [0.15, 0.2) is 51.5 Å². The Bertz CT molecular complexity index is 1030. The number of hydrogen-bond acceptors (Lipinski definition) is 6. The average Bonchev–Trinajstić information content (AvgIpc) is 3.48. The molecule has 4 rings (SSSR count). The van der Waals surface area contributed by atoms with E-state index in [-0.39, 0.29) is 48.8 Å². The Morgan fingerprint density at radius 3 is 2.83 bits per heavy atom. The summed E-state index contributed by atoms with van der Waals surface area (Å²) in [5.74, 6) is -0.547. The van der Waals surface area contributed by atoms with Crippen LogP contribution in [0.2, 0.25) is 0 Å². The summed E-state index contributed by atoms with van der Waals surface area (Å²) in [5, 5.41) is 7.94. The first-order chi connectivity index (χ1) is 14.6. The van der Waals surface area contributed by atoms with Crippen LogP contribution in [0, 0.1) is 11.7 Å². The molecule has 0 radical (unpaired) electrons. The number of para-hydroxylation sites is 1. The summed E-state index contributed by atoms with van der Waals surface area (Å²) in [4.78, 5) is 28.5. The standard InChI is InChI=1S/C21H21FN4O4/c1-2-9-25(13-18-23-24-20(30-18)17-8-5-10-29-17)21(28)14-11-19(27)26(12-14)16-7-4-3-6-15(16)22/h3-8,10,14H,2,9,11-13H2,1H3. The van der Waals surface area contributed by atoms with Crippen molar-refractivity contribution in [3.63, 3.8) is 0 Å². The molecule has 156 valence electrons. The lowest BCUT2D eigenvalue weighted by Gasteiger charge is -2.24. The summed E-state index contributed by atoms with van der Waals surface area (Å²) in [6, 6.07) is 9.48. The predicted octanol–water partition coefficient (Wildman–Crippen LogP) is 3.26. The molecule has 2 aromatic heterocycles. The molecule has 1 atom stereocenters. The summed E-state index contributed by atoms with van der Waals surface area (Å²) in [5.41, 5.74) is 0.194. The number of rotatable bonds is 7. The second-order valence-electron chi connectivity index (χ2n) is 7.09. The molecule has 2 amide bonds. The van der Waals surface area contributed by atoms with Gasteiger partial charge < -0.3 is 18.6 Å². The molecule has 0 aliphatic carbocycles. The molecule has 1 aromatic carbocycles. The summed E-state index contributed by atoms with van der Waals surface area (Å²) in [6.07, 6.45) is 2.27. The Hall–Kier alpha value is -3.49. The van der Waals surface area contributed by atoms with E-state index in [1.165, 1.54) is 17.2 Å². The average molecular weight is 412 g/mol. The van der Waals surface area contributed by atoms with Crippen LogP contribution in [0.1, 0.15) is 25.7 Å². The number of aromatic nitrogens is 2. The van der Waals surface area contributed by atoms with Gasteiger partial charge in [-0.15, -0.1) is 10.2 Å². The van der Waals surface area contributed by atoms with E-state index in [0.717, 1.165) is 6.42 Å². The molecule has 0 saturated carbocycles. The quantitative estimate of drug-likeness (QED) is 0.591. The monoisotopic (exact) mass is 412 g/mol. The number of furan rings is 1. The van der Waals surface area contributed by atoms with E-state index in [0.29, 0.717) is 12.3 Å². The molecule has 1 aliphatic heterocycles. The van der Waals surface area contributed by atoms with E-state index < -0.39 is 11.7 Å². The first-order valence-corrected chi connectivity index (χ1v) is 9.76. The molecular formula is C21H21FN4O4. The third-order valence-electron chi connectivity index (χ3n) is 4.95. The number of hydrogen-bond donors (Lipinski definition) is 0. The number of carbonyl (C=O) groups is 2. The molecule has 3 heterocycles. The van der Waals surface area contributed by atoms with Crippen molar-refractivity contribution in [3.8, 4) is 11.7 Å². The topological polar surface area (TPSA) is 92.7 Å². The predicted molar refractivity (Wildman–Crippen MR) is 105 cm³/mol. The lowest BCUT2D eigenvalue weighted by Crippen LogP contribution is -2.37. The fourth-order valence-electron chi connectivity index (χ4n) is 3.55. The first kappa shape index (κ1) is 19.8. The molecular weight excluding hydrogens is 391 g/mol. The third-order valence-corrected chi connectivity index (χ3v) is 4.95. The Kier molecular flexibility index (Phi) is 5.60. The van der Waals surface area contributed by atoms with Gasteiger partial charge in [0.05, 0.1) is 24.4 Å². The Labute approximate surface area is 172 Å². The van der Waals surface area contributed by atoms with E-state index in [1.807, 2.05) is 6.92 Å². The van der Waals surface area contributed by atoms with E-state index in [4.69, 9.17) is 8.83 Å². The minimum Gasteiger partial charge on any atom is -0.459 e. The molecule has 1 saturated heterocycles. The maximum Gasteiger partial charge on any atom is 0.283 e. The van der Waals surface area contributed by atoms with Crippen molar-refractivity contribution in [2.45, 2.75) is 26.3 Å². The van der Waals surface area contributed by atoms with Crippen molar-refractivity contribution < 1.29 is 22.8 Å². The second kappa shape index (κ2) is 8.48. The minimum absolute atomic E-state index is 0.0366. The maximum atomic E-state index is 14.1. The summed E-state index contributed by atoms with van der Waals surface area (Å²) in [6.45, 7) is 2.70. The summed E-state index contributed by atoms with van der Waals surface area (Å²) < 4.78 is 25.0. The van der Waals surface area contributed by atoms with Gasteiger partial charge in [-0.1, -0.05) is 19.1 Å². The van der Waals surface area contributed by atoms with Gasteiger partial charge in [-0.2, -0.15) is 0 Å². The molecule has 1 fully saturated rings. The van der Waals surface area contributed by atoms with Crippen molar-refractivity contribution in [1.82, 2.24) is 15.1 Å². The zero-order valence-electron chi connectivity index (χ0n) is 16.5. The molecule has 1 aliphatic rings. The fourth-order valence-corrected chi connectivity index (χ4v) is 3.55. The van der Waals surface area contributed by atoms with Gasteiger partial charge in [0.1, 0.15) is 5.82 Å². The van der Waals surface area contributed by atoms with Crippen LogP contribution in [-0.4, -0.2) is 40.0 Å². The van der Waals surface area contributed by atoms with Gasteiger partial charge in [0.25, 0.3) is 5.89 Å². The SMILES string of the molecule is CCCN(Cc1nnc(-c2ccco2)o1)C(=O)C1CC(=O)N(c2ccccc2F)C1.